The van der Waals surface area contributed by atoms with Gasteiger partial charge in [0, 0.05) is 6.07 Å². The maximum absolute atomic E-state index is 13.4. The van der Waals surface area contributed by atoms with Gasteiger partial charge in [-0.3, -0.25) is 19.1 Å². The second-order valence-electron chi connectivity index (χ2n) is 11.2. The van der Waals surface area contributed by atoms with Gasteiger partial charge in [0.05, 0.1) is 27.2 Å². The molecule has 0 spiro atoms. The molecule has 3 aromatic rings. The quantitative estimate of drug-likeness (QED) is 0.186. The molecule has 0 radical (unpaired) electrons. The number of esters is 2. The molecule has 14 nitrogen and oxygen atoms in total. The number of hydrogen-bond acceptors (Lipinski definition) is 10. The predicted octanol–water partition coefficient (Wildman–Crippen LogP) is 3.20. The van der Waals surface area contributed by atoms with Crippen molar-refractivity contribution in [2.24, 2.45) is 0 Å². The smallest absolute Gasteiger partial charge is 0.408 e. The molecule has 14 heteroatoms. The minimum Gasteiger partial charge on any atom is -0.497 e. The summed E-state index contributed by atoms with van der Waals surface area (Å²) in [6, 6.07) is 14.8. The highest BCUT2D eigenvalue weighted by Crippen LogP contribution is 2.17. The Hall–Kier alpha value is -5.40. The number of nitrogens with zero attached hydrogens (tertiary/aromatic N) is 2. The molecule has 0 unspecified atom stereocenters. The second-order valence-corrected chi connectivity index (χ2v) is 11.2. The van der Waals surface area contributed by atoms with Crippen molar-refractivity contribution >= 4 is 35.7 Å². The highest BCUT2D eigenvalue weighted by Gasteiger charge is 2.30. The molecule has 0 fully saturated rings. The van der Waals surface area contributed by atoms with E-state index >= 15 is 0 Å². The van der Waals surface area contributed by atoms with Gasteiger partial charge >= 0.3 is 18.0 Å². The fourth-order valence-corrected chi connectivity index (χ4v) is 4.05. The number of hydrogen-bond donors (Lipinski definition) is 3. The summed E-state index contributed by atoms with van der Waals surface area (Å²) in [6.07, 6.45) is -1.38. The van der Waals surface area contributed by atoms with Gasteiger partial charge in [0.2, 0.25) is 11.8 Å². The fourth-order valence-electron chi connectivity index (χ4n) is 4.05. The first-order valence-electron chi connectivity index (χ1n) is 14.4. The highest BCUT2D eigenvalue weighted by atomic mass is 16.6. The molecular formula is C32H39N5O9. The third kappa shape index (κ3) is 10.9. The Labute approximate surface area is 266 Å². The molecule has 1 heterocycles. The lowest BCUT2D eigenvalue weighted by molar-refractivity contribution is -0.156. The van der Waals surface area contributed by atoms with E-state index in [4.69, 9.17) is 18.9 Å². The molecule has 1 aromatic heterocycles. The molecule has 3 rings (SSSR count). The molecule has 0 aliphatic carbocycles. The first-order chi connectivity index (χ1) is 21.8. The van der Waals surface area contributed by atoms with E-state index in [1.807, 2.05) is 6.07 Å². The van der Waals surface area contributed by atoms with Gasteiger partial charge in [-0.15, -0.1) is 0 Å². The Kier molecular flexibility index (Phi) is 12.3. The van der Waals surface area contributed by atoms with Crippen molar-refractivity contribution in [1.29, 1.82) is 0 Å². The Morgan fingerprint density at radius 3 is 2.17 bits per heavy atom. The van der Waals surface area contributed by atoms with Crippen LogP contribution in [0.2, 0.25) is 0 Å². The first kappa shape index (κ1) is 35.1. The van der Waals surface area contributed by atoms with Crippen LogP contribution in [0.1, 0.15) is 55.7 Å². The number of carbonyl (C=O) groups is 5. The molecule has 0 saturated heterocycles. The Morgan fingerprint density at radius 2 is 1.57 bits per heavy atom. The number of nitrogens with one attached hydrogen (secondary N) is 3. The summed E-state index contributed by atoms with van der Waals surface area (Å²) < 4.78 is 21.9. The van der Waals surface area contributed by atoms with Crippen LogP contribution in [0.15, 0.2) is 60.7 Å². The summed E-state index contributed by atoms with van der Waals surface area (Å²) in [5.74, 6) is -2.41. The topological polar surface area (TPSA) is 176 Å². The molecule has 246 valence electrons. The third-order valence-electron chi connectivity index (χ3n) is 6.28. The summed E-state index contributed by atoms with van der Waals surface area (Å²) in [5, 5.41) is 11.7. The van der Waals surface area contributed by atoms with E-state index in [0.29, 0.717) is 5.75 Å². The maximum Gasteiger partial charge on any atom is 0.408 e. The third-order valence-corrected chi connectivity index (χ3v) is 6.28. The SMILES string of the molecule is COC(=O)c1cc(NC(=O)[C@H](CC(=O)OC(C)(C)C)NC(=O)[C@H](C)NC(=O)OCc2ccccc2)nn1Cc1ccc(OC)cc1. The van der Waals surface area contributed by atoms with Crippen molar-refractivity contribution in [2.45, 2.75) is 65.0 Å². The van der Waals surface area contributed by atoms with Crippen LogP contribution in [0.25, 0.3) is 0 Å². The number of amides is 3. The number of ether oxygens (including phenoxy) is 4. The van der Waals surface area contributed by atoms with E-state index < -0.39 is 54.0 Å². The van der Waals surface area contributed by atoms with Crippen molar-refractivity contribution in [1.82, 2.24) is 20.4 Å². The van der Waals surface area contributed by atoms with Crippen LogP contribution in [0.4, 0.5) is 10.6 Å². The Balaban J connectivity index is 1.74. The van der Waals surface area contributed by atoms with E-state index in [1.54, 1.807) is 76.4 Å². The number of anilines is 1. The number of alkyl carbamates (subject to hydrolysis) is 1. The molecule has 0 aliphatic rings. The Bertz CT molecular complexity index is 1510. The normalized spacial score (nSPS) is 12.2. The van der Waals surface area contributed by atoms with E-state index in [-0.39, 0.29) is 24.7 Å². The average molecular weight is 638 g/mol. The van der Waals surface area contributed by atoms with Gasteiger partial charge in [-0.1, -0.05) is 42.5 Å². The summed E-state index contributed by atoms with van der Waals surface area (Å²) in [6.45, 7) is 6.53. The molecule has 0 aliphatic heterocycles. The minimum atomic E-state index is -1.43. The molecule has 0 saturated carbocycles. The summed E-state index contributed by atoms with van der Waals surface area (Å²) in [5.41, 5.74) is 0.736. The number of aromatic nitrogens is 2. The van der Waals surface area contributed by atoms with Crippen molar-refractivity contribution in [3.63, 3.8) is 0 Å². The van der Waals surface area contributed by atoms with Crippen molar-refractivity contribution in [2.75, 3.05) is 19.5 Å². The zero-order chi connectivity index (χ0) is 33.9. The number of methoxy groups -OCH3 is 2. The van der Waals surface area contributed by atoms with Gasteiger partial charge < -0.3 is 34.9 Å². The lowest BCUT2D eigenvalue weighted by Crippen LogP contribution is -2.52. The minimum absolute atomic E-state index is 0.0106. The van der Waals surface area contributed by atoms with Crippen LogP contribution in [-0.4, -0.2) is 71.5 Å². The fraction of sp³-hybridized carbons (Fsp3) is 0.375. The van der Waals surface area contributed by atoms with Crippen molar-refractivity contribution in [3.8, 4) is 5.75 Å². The summed E-state index contributed by atoms with van der Waals surface area (Å²) >= 11 is 0. The van der Waals surface area contributed by atoms with E-state index in [0.717, 1.165) is 11.1 Å². The lowest BCUT2D eigenvalue weighted by atomic mass is 10.1. The first-order valence-corrected chi connectivity index (χ1v) is 14.4. The van der Waals surface area contributed by atoms with E-state index in [9.17, 15) is 24.0 Å². The second kappa shape index (κ2) is 16.1. The van der Waals surface area contributed by atoms with Crippen LogP contribution in [-0.2, 0) is 41.7 Å². The average Bonchev–Trinajstić information content (AvgIpc) is 3.40. The molecule has 3 amide bonds. The number of benzene rings is 2. The predicted molar refractivity (Wildman–Crippen MR) is 166 cm³/mol. The Morgan fingerprint density at radius 1 is 0.891 bits per heavy atom. The molecule has 2 aromatic carbocycles. The van der Waals surface area contributed by atoms with Gasteiger partial charge in [-0.2, -0.15) is 5.10 Å². The molecule has 46 heavy (non-hydrogen) atoms. The lowest BCUT2D eigenvalue weighted by Gasteiger charge is -2.23. The molecular weight excluding hydrogens is 598 g/mol. The zero-order valence-electron chi connectivity index (χ0n) is 26.6. The van der Waals surface area contributed by atoms with Gasteiger partial charge in [0.25, 0.3) is 0 Å². The van der Waals surface area contributed by atoms with Crippen LogP contribution in [0.5, 0.6) is 5.75 Å². The number of carbonyl (C=O) groups excluding carboxylic acids is 5. The monoisotopic (exact) mass is 637 g/mol. The van der Waals surface area contributed by atoms with Gasteiger partial charge in [0.1, 0.15) is 35.7 Å². The van der Waals surface area contributed by atoms with Crippen LogP contribution in [0, 0.1) is 0 Å². The van der Waals surface area contributed by atoms with Crippen LogP contribution < -0.4 is 20.7 Å². The zero-order valence-corrected chi connectivity index (χ0v) is 26.6. The molecule has 3 N–H and O–H groups in total. The largest absolute Gasteiger partial charge is 0.497 e. The van der Waals surface area contributed by atoms with Gasteiger partial charge in [-0.05, 0) is 51.0 Å². The van der Waals surface area contributed by atoms with E-state index in [1.165, 1.54) is 24.8 Å². The van der Waals surface area contributed by atoms with Crippen LogP contribution >= 0.6 is 0 Å². The van der Waals surface area contributed by atoms with Gasteiger partial charge in [0.15, 0.2) is 5.82 Å². The van der Waals surface area contributed by atoms with Gasteiger partial charge in [-0.25, -0.2) is 9.59 Å². The van der Waals surface area contributed by atoms with Crippen molar-refractivity contribution in [3.05, 3.63) is 77.5 Å². The summed E-state index contributed by atoms with van der Waals surface area (Å²) in [7, 11) is 2.76. The van der Waals surface area contributed by atoms with E-state index in [2.05, 4.69) is 21.0 Å². The summed E-state index contributed by atoms with van der Waals surface area (Å²) in [4.78, 5) is 63.9. The highest BCUT2D eigenvalue weighted by molar-refractivity contribution is 6.00. The molecule has 0 bridgehead atoms. The molecule has 2 atom stereocenters. The number of rotatable bonds is 13. The standard InChI is InChI=1S/C32H39N5O9/c1-20(33-31(42)45-19-22-10-8-7-9-11-22)28(39)34-24(16-27(38)46-32(2,3)4)29(40)35-26-17-25(30(41)44-6)37(36-26)18-21-12-14-23(43-5)15-13-21/h7-15,17,20,24H,16,18-19H2,1-6H3,(H,33,42)(H,34,39)(H,35,36,40)/t20-,24-/m0/s1. The maximum atomic E-state index is 13.4. The van der Waals surface area contributed by atoms with Crippen LogP contribution in [0.3, 0.4) is 0 Å². The van der Waals surface area contributed by atoms with Crippen molar-refractivity contribution < 1.29 is 42.9 Å².